The molecule has 4 aromatic carbocycles. The molecule has 1 heterocycles. The van der Waals surface area contributed by atoms with Gasteiger partial charge in [-0.15, -0.1) is 11.8 Å². The average molecular weight is 723 g/mol. The molecule has 0 unspecified atom stereocenters. The van der Waals surface area contributed by atoms with Gasteiger partial charge in [-0.2, -0.15) is 0 Å². The lowest BCUT2D eigenvalue weighted by molar-refractivity contribution is -0.143. The van der Waals surface area contributed by atoms with Crippen LogP contribution >= 0.6 is 46.0 Å². The Labute approximate surface area is 272 Å². The number of thioether (sulfide) groups is 1. The molecule has 0 atom stereocenters. The number of hydrogen-bond donors (Lipinski definition) is 0. The van der Waals surface area contributed by atoms with Crippen molar-refractivity contribution >= 4 is 91.0 Å². The fraction of sp³-hybridized carbons (Fsp3) is 0.176. The molecule has 6 nitrogen and oxygen atoms in total. The maximum Gasteiger partial charge on any atom is 0.334 e. The van der Waals surface area contributed by atoms with Gasteiger partial charge < -0.3 is 9.40 Å². The summed E-state index contributed by atoms with van der Waals surface area (Å²) in [5, 5.41) is 6.39. The first-order chi connectivity index (χ1) is 20.8. The van der Waals surface area contributed by atoms with Crippen molar-refractivity contribution in [3.63, 3.8) is 0 Å². The maximum absolute atomic E-state index is 13.8. The highest BCUT2D eigenvalue weighted by molar-refractivity contribution is 14.1. The molecule has 0 radical (unpaired) electrons. The Hall–Kier alpha value is -3.47. The molecule has 0 N–H and O–H groups in total. The lowest BCUT2D eigenvalue weighted by atomic mass is 9.99. The average Bonchev–Trinajstić information content (AvgIpc) is 3.35. The Bertz CT molecular complexity index is 1880. The molecule has 0 aliphatic heterocycles. The molecular formula is C34H28ClIN2O4S. The number of hydrogen-bond acceptors (Lipinski definition) is 6. The number of ketones is 2. The van der Waals surface area contributed by atoms with Crippen molar-refractivity contribution in [2.75, 3.05) is 5.75 Å². The van der Waals surface area contributed by atoms with Gasteiger partial charge in [0.05, 0.1) is 0 Å². The van der Waals surface area contributed by atoms with E-state index in [-0.39, 0.29) is 23.7 Å². The van der Waals surface area contributed by atoms with E-state index < -0.39 is 5.97 Å². The molecule has 0 aliphatic carbocycles. The van der Waals surface area contributed by atoms with Crippen LogP contribution in [0.5, 0.6) is 0 Å². The second kappa shape index (κ2) is 13.9. The third kappa shape index (κ3) is 6.87. The van der Waals surface area contributed by atoms with E-state index in [4.69, 9.17) is 16.4 Å². The highest BCUT2D eigenvalue weighted by Gasteiger charge is 2.20. The van der Waals surface area contributed by atoms with E-state index in [1.165, 1.54) is 0 Å². The maximum atomic E-state index is 13.8. The summed E-state index contributed by atoms with van der Waals surface area (Å²) in [5.41, 5.74) is 3.76. The van der Waals surface area contributed by atoms with Gasteiger partial charge in [0.15, 0.2) is 5.78 Å². The van der Waals surface area contributed by atoms with Crippen molar-refractivity contribution in [3.05, 3.63) is 110 Å². The minimum atomic E-state index is -0.512. The molecule has 5 rings (SSSR count). The number of benzene rings is 4. The molecule has 9 heteroatoms. The van der Waals surface area contributed by atoms with Crippen LogP contribution < -0.4 is 0 Å². The Morgan fingerprint density at radius 1 is 0.884 bits per heavy atom. The number of aromatic nitrogens is 1. The second-order valence-electron chi connectivity index (χ2n) is 9.75. The molecule has 0 fully saturated rings. The van der Waals surface area contributed by atoms with Crippen molar-refractivity contribution < 1.29 is 19.2 Å². The van der Waals surface area contributed by atoms with Gasteiger partial charge >= 0.3 is 5.97 Å². The molecule has 43 heavy (non-hydrogen) atoms. The summed E-state index contributed by atoms with van der Waals surface area (Å²) in [7, 11) is 0. The molecule has 5 aromatic rings. The van der Waals surface area contributed by atoms with Crippen molar-refractivity contribution in [3.8, 4) is 0 Å². The zero-order valence-corrected chi connectivity index (χ0v) is 27.3. The van der Waals surface area contributed by atoms with Crippen molar-refractivity contribution in [2.24, 2.45) is 5.16 Å². The van der Waals surface area contributed by atoms with Crippen LogP contribution in [-0.2, 0) is 16.2 Å². The first-order valence-corrected chi connectivity index (χ1v) is 16.3. The summed E-state index contributed by atoms with van der Waals surface area (Å²) in [6, 6.07) is 26.2. The van der Waals surface area contributed by atoms with Crippen molar-refractivity contribution in [2.45, 2.75) is 38.1 Å². The van der Waals surface area contributed by atoms with E-state index in [1.54, 1.807) is 24.8 Å². The molecule has 0 saturated heterocycles. The fourth-order valence-corrected chi connectivity index (χ4v) is 6.48. The topological polar surface area (TPSA) is 77.7 Å². The van der Waals surface area contributed by atoms with Crippen LogP contribution in [0.3, 0.4) is 0 Å². The van der Waals surface area contributed by atoms with E-state index in [0.717, 1.165) is 36.8 Å². The van der Waals surface area contributed by atoms with Gasteiger partial charge in [0, 0.05) is 77.1 Å². The minimum Gasteiger partial charge on any atom is -0.341 e. The number of oxime groups is 1. The molecular weight excluding hydrogens is 695 g/mol. The van der Waals surface area contributed by atoms with Gasteiger partial charge in [0.25, 0.3) is 0 Å². The Kier molecular flexibility index (Phi) is 10.00. The van der Waals surface area contributed by atoms with Gasteiger partial charge in [-0.1, -0.05) is 35.8 Å². The highest BCUT2D eigenvalue weighted by atomic mass is 127. The quantitative estimate of drug-likeness (QED) is 0.0340. The summed E-state index contributed by atoms with van der Waals surface area (Å²) in [4.78, 5) is 45.1. The largest absolute Gasteiger partial charge is 0.341 e. The summed E-state index contributed by atoms with van der Waals surface area (Å²) in [6.45, 7) is 4.46. The van der Waals surface area contributed by atoms with Crippen LogP contribution in [0.25, 0.3) is 21.8 Å². The fourth-order valence-electron chi connectivity index (χ4n) is 4.86. The normalized spacial score (nSPS) is 11.7. The van der Waals surface area contributed by atoms with Gasteiger partial charge in [-0.05, 0) is 102 Å². The predicted octanol–water partition coefficient (Wildman–Crippen LogP) is 8.98. The molecule has 0 bridgehead atoms. The SMILES string of the molecule is CCC(=O)O/N=C(\CCSc1ccc(Cl)cc1)C(=O)c1ccc2c(c1)c1cc(C(=O)c3ccccc3I)ccc1n2CC. The molecule has 0 saturated carbocycles. The van der Waals surface area contributed by atoms with Gasteiger partial charge in [0.2, 0.25) is 5.78 Å². The molecule has 0 amide bonds. The first kappa shape index (κ1) is 31.0. The number of carbonyl (C=O) groups is 3. The van der Waals surface area contributed by atoms with Crippen LogP contribution in [0, 0.1) is 3.57 Å². The number of nitrogens with zero attached hydrogens (tertiary/aromatic N) is 2. The summed E-state index contributed by atoms with van der Waals surface area (Å²) in [6.07, 6.45) is 0.447. The monoisotopic (exact) mass is 722 g/mol. The number of aryl methyl sites for hydroxylation is 1. The van der Waals surface area contributed by atoms with Crippen LogP contribution in [0.4, 0.5) is 0 Å². The smallest absolute Gasteiger partial charge is 0.334 e. The van der Waals surface area contributed by atoms with E-state index in [1.807, 2.05) is 78.9 Å². The number of carbonyl (C=O) groups excluding carboxylic acids is 3. The summed E-state index contributed by atoms with van der Waals surface area (Å²) < 4.78 is 3.05. The van der Waals surface area contributed by atoms with Crippen LogP contribution in [0.2, 0.25) is 5.02 Å². The van der Waals surface area contributed by atoms with Gasteiger partial charge in [0.1, 0.15) is 5.71 Å². The Balaban J connectivity index is 1.50. The number of halogens is 2. The lowest BCUT2D eigenvalue weighted by Crippen LogP contribution is -2.17. The third-order valence-corrected chi connectivity index (χ3v) is 9.26. The van der Waals surface area contributed by atoms with E-state index in [0.29, 0.717) is 33.9 Å². The van der Waals surface area contributed by atoms with Crippen LogP contribution in [-0.4, -0.2) is 33.6 Å². The molecule has 0 spiro atoms. The lowest BCUT2D eigenvalue weighted by Gasteiger charge is -2.07. The number of rotatable bonds is 11. The third-order valence-electron chi connectivity index (χ3n) is 7.05. The summed E-state index contributed by atoms with van der Waals surface area (Å²) in [5.74, 6) is -0.327. The standard InChI is InChI=1S/C34H28ClIN2O4S/c1-3-32(39)42-37-29(17-18-43-24-13-11-23(35)12-14-24)34(41)22-10-16-31-27(20-22)26-19-21(9-15-30(26)38(31)4-2)33(40)25-7-5-6-8-28(25)36/h5-16,19-20H,3-4,17-18H2,1-2H3/b37-29+. The van der Waals surface area contributed by atoms with E-state index >= 15 is 0 Å². The van der Waals surface area contributed by atoms with Gasteiger partial charge in [-0.3, -0.25) is 9.59 Å². The van der Waals surface area contributed by atoms with Crippen LogP contribution in [0.15, 0.2) is 95.0 Å². The summed E-state index contributed by atoms with van der Waals surface area (Å²) >= 11 is 9.73. The van der Waals surface area contributed by atoms with E-state index in [2.05, 4.69) is 39.2 Å². The molecule has 1 aromatic heterocycles. The zero-order valence-electron chi connectivity index (χ0n) is 23.6. The van der Waals surface area contributed by atoms with E-state index in [9.17, 15) is 14.4 Å². The van der Waals surface area contributed by atoms with Crippen LogP contribution in [0.1, 0.15) is 53.0 Å². The number of fused-ring (bicyclic) bond motifs is 3. The molecule has 0 aliphatic rings. The minimum absolute atomic E-state index is 0.0538. The Morgan fingerprint density at radius 2 is 1.53 bits per heavy atom. The zero-order chi connectivity index (χ0) is 30.5. The Morgan fingerprint density at radius 3 is 2.19 bits per heavy atom. The number of Topliss-reactive ketones (excluding diaryl/α,β-unsaturated/α-hetero) is 1. The predicted molar refractivity (Wildman–Crippen MR) is 183 cm³/mol. The second-order valence-corrected chi connectivity index (χ2v) is 12.5. The first-order valence-electron chi connectivity index (χ1n) is 13.9. The highest BCUT2D eigenvalue weighted by Crippen LogP contribution is 2.32. The van der Waals surface area contributed by atoms with Crippen molar-refractivity contribution in [1.82, 2.24) is 4.57 Å². The molecule has 218 valence electrons. The van der Waals surface area contributed by atoms with Crippen molar-refractivity contribution in [1.29, 1.82) is 0 Å². The van der Waals surface area contributed by atoms with Gasteiger partial charge in [-0.25, -0.2) is 4.79 Å².